The summed E-state index contributed by atoms with van der Waals surface area (Å²) in [7, 11) is 0. The van der Waals surface area contributed by atoms with Crippen LogP contribution in [0.4, 0.5) is 17.6 Å². The Morgan fingerprint density at radius 1 is 1.28 bits per heavy atom. The molecule has 4 nitrogen and oxygen atoms in total. The van der Waals surface area contributed by atoms with E-state index in [0.717, 1.165) is 29.7 Å². The third-order valence-corrected chi connectivity index (χ3v) is 5.77. The minimum Gasteiger partial charge on any atom is -0.374 e. The van der Waals surface area contributed by atoms with Crippen molar-refractivity contribution >= 4 is 5.91 Å². The fourth-order valence-corrected chi connectivity index (χ4v) is 4.31. The standard InChI is InChI=1S/C21H20F4N2O2/c1-12(28)27-6-7-29-20(11-27)15-4-3-14-16(9-26-10-17(14)15)13-2-5-18(19(22)8-13)21(23,24)25/h2,5,8-10,15,20H,3-4,6-7,11H2,1H3. The molecular formula is C21H20F4N2O2. The SMILES string of the molecule is CC(=O)N1CCOC(C2CCc3c(-c4ccc(C(F)(F)F)c(F)c4)cncc32)C1. The van der Waals surface area contributed by atoms with Gasteiger partial charge in [0.25, 0.3) is 0 Å². The number of benzene rings is 1. The number of amides is 1. The number of fused-ring (bicyclic) bond motifs is 1. The smallest absolute Gasteiger partial charge is 0.374 e. The molecule has 2 unspecified atom stereocenters. The van der Waals surface area contributed by atoms with Crippen molar-refractivity contribution in [3.05, 3.63) is 53.1 Å². The van der Waals surface area contributed by atoms with Gasteiger partial charge in [0.05, 0.1) is 18.3 Å². The Hall–Kier alpha value is -2.48. The molecule has 1 aliphatic heterocycles. The molecule has 0 bridgehead atoms. The van der Waals surface area contributed by atoms with E-state index in [2.05, 4.69) is 4.98 Å². The summed E-state index contributed by atoms with van der Waals surface area (Å²) in [5.74, 6) is -1.25. The van der Waals surface area contributed by atoms with E-state index < -0.39 is 17.6 Å². The molecule has 0 N–H and O–H groups in total. The lowest BCUT2D eigenvalue weighted by Crippen LogP contribution is -2.46. The molecule has 1 aromatic heterocycles. The molecule has 29 heavy (non-hydrogen) atoms. The van der Waals surface area contributed by atoms with Crippen LogP contribution in [0.25, 0.3) is 11.1 Å². The second-order valence-corrected chi connectivity index (χ2v) is 7.47. The van der Waals surface area contributed by atoms with Crippen LogP contribution in [-0.4, -0.2) is 41.6 Å². The zero-order valence-electron chi connectivity index (χ0n) is 15.8. The van der Waals surface area contributed by atoms with Crippen LogP contribution in [0, 0.1) is 5.82 Å². The first-order chi connectivity index (χ1) is 13.8. The molecule has 1 aromatic carbocycles. The Bertz CT molecular complexity index is 945. The zero-order chi connectivity index (χ0) is 20.8. The van der Waals surface area contributed by atoms with Gasteiger partial charge in [-0.25, -0.2) is 4.39 Å². The molecule has 1 amide bonds. The topological polar surface area (TPSA) is 42.4 Å². The Labute approximate surface area is 165 Å². The van der Waals surface area contributed by atoms with Gasteiger partial charge < -0.3 is 9.64 Å². The predicted octanol–water partition coefficient (Wildman–Crippen LogP) is 4.18. The molecule has 2 aliphatic rings. The highest BCUT2D eigenvalue weighted by Crippen LogP contribution is 2.42. The molecule has 1 fully saturated rings. The Morgan fingerprint density at radius 3 is 2.76 bits per heavy atom. The summed E-state index contributed by atoms with van der Waals surface area (Å²) in [4.78, 5) is 17.7. The molecule has 0 saturated carbocycles. The van der Waals surface area contributed by atoms with E-state index in [1.165, 1.54) is 13.0 Å². The lowest BCUT2D eigenvalue weighted by molar-refractivity contribution is -0.140. The molecule has 1 aliphatic carbocycles. The van der Waals surface area contributed by atoms with Gasteiger partial charge in [-0.05, 0) is 41.7 Å². The van der Waals surface area contributed by atoms with Crippen LogP contribution in [0.2, 0.25) is 0 Å². The quantitative estimate of drug-likeness (QED) is 0.700. The van der Waals surface area contributed by atoms with Crippen LogP contribution in [0.3, 0.4) is 0 Å². The first kappa shape index (κ1) is 19.8. The Kier molecular flexibility index (Phi) is 5.06. The van der Waals surface area contributed by atoms with Gasteiger partial charge in [-0.15, -0.1) is 0 Å². The maximum Gasteiger partial charge on any atom is 0.419 e. The van der Waals surface area contributed by atoms with E-state index in [-0.39, 0.29) is 17.9 Å². The highest BCUT2D eigenvalue weighted by atomic mass is 19.4. The summed E-state index contributed by atoms with van der Waals surface area (Å²) in [5, 5.41) is 0. The van der Waals surface area contributed by atoms with Crippen molar-refractivity contribution in [3.8, 4) is 11.1 Å². The van der Waals surface area contributed by atoms with Gasteiger partial charge >= 0.3 is 6.18 Å². The van der Waals surface area contributed by atoms with Gasteiger partial charge in [-0.3, -0.25) is 9.78 Å². The van der Waals surface area contributed by atoms with Crippen LogP contribution in [-0.2, 0) is 22.1 Å². The molecule has 2 aromatic rings. The summed E-state index contributed by atoms with van der Waals surface area (Å²) in [6.07, 6.45) is -0.102. The van der Waals surface area contributed by atoms with Crippen LogP contribution in [0.1, 0.15) is 36.0 Å². The molecular weight excluding hydrogens is 388 g/mol. The number of carbonyl (C=O) groups is 1. The third kappa shape index (κ3) is 3.73. The number of aromatic nitrogens is 1. The van der Waals surface area contributed by atoms with Gasteiger partial charge in [0, 0.05) is 43.9 Å². The van der Waals surface area contributed by atoms with Gasteiger partial charge in [0.15, 0.2) is 0 Å². The van der Waals surface area contributed by atoms with Crippen molar-refractivity contribution < 1.29 is 27.1 Å². The van der Waals surface area contributed by atoms with Crippen molar-refractivity contribution in [1.82, 2.24) is 9.88 Å². The van der Waals surface area contributed by atoms with Crippen molar-refractivity contribution in [3.63, 3.8) is 0 Å². The first-order valence-corrected chi connectivity index (χ1v) is 9.46. The molecule has 2 heterocycles. The number of halogens is 4. The number of hydrogen-bond donors (Lipinski definition) is 0. The van der Waals surface area contributed by atoms with Crippen LogP contribution < -0.4 is 0 Å². The van der Waals surface area contributed by atoms with Crippen LogP contribution in [0.15, 0.2) is 30.6 Å². The Balaban J connectivity index is 1.65. The number of hydrogen-bond acceptors (Lipinski definition) is 3. The van der Waals surface area contributed by atoms with E-state index in [4.69, 9.17) is 4.74 Å². The number of ether oxygens (including phenoxy) is 1. The summed E-state index contributed by atoms with van der Waals surface area (Å²) in [6, 6.07) is 2.97. The average molecular weight is 408 g/mol. The molecule has 4 rings (SSSR count). The molecule has 0 spiro atoms. The van der Waals surface area contributed by atoms with E-state index in [9.17, 15) is 22.4 Å². The maximum absolute atomic E-state index is 14.1. The fourth-order valence-electron chi connectivity index (χ4n) is 4.31. The molecule has 154 valence electrons. The first-order valence-electron chi connectivity index (χ1n) is 9.46. The monoisotopic (exact) mass is 408 g/mol. The van der Waals surface area contributed by atoms with E-state index in [0.29, 0.717) is 37.2 Å². The second-order valence-electron chi connectivity index (χ2n) is 7.47. The van der Waals surface area contributed by atoms with Crippen molar-refractivity contribution in [2.24, 2.45) is 0 Å². The minimum atomic E-state index is -4.73. The molecule has 1 saturated heterocycles. The summed E-state index contributed by atoms with van der Waals surface area (Å²) in [6.45, 7) is 3.06. The van der Waals surface area contributed by atoms with Gasteiger partial charge in [0.2, 0.25) is 5.91 Å². The van der Waals surface area contributed by atoms with E-state index >= 15 is 0 Å². The minimum absolute atomic E-state index is 0.00336. The highest BCUT2D eigenvalue weighted by molar-refractivity contribution is 5.73. The number of carbonyl (C=O) groups excluding carboxylic acids is 1. The van der Waals surface area contributed by atoms with Gasteiger partial charge in [0.1, 0.15) is 5.82 Å². The molecule has 0 radical (unpaired) electrons. The molecule has 2 atom stereocenters. The summed E-state index contributed by atoms with van der Waals surface area (Å²) >= 11 is 0. The number of morpholine rings is 1. The third-order valence-electron chi connectivity index (χ3n) is 5.77. The van der Waals surface area contributed by atoms with E-state index in [1.807, 2.05) is 0 Å². The number of pyridine rings is 1. The van der Waals surface area contributed by atoms with E-state index in [1.54, 1.807) is 17.3 Å². The summed E-state index contributed by atoms with van der Waals surface area (Å²) in [5.41, 5.74) is 1.64. The number of nitrogens with zero attached hydrogens (tertiary/aromatic N) is 2. The number of alkyl halides is 3. The van der Waals surface area contributed by atoms with Crippen molar-refractivity contribution in [1.29, 1.82) is 0 Å². The second kappa shape index (κ2) is 7.40. The maximum atomic E-state index is 14.1. The Morgan fingerprint density at radius 2 is 2.07 bits per heavy atom. The fraction of sp³-hybridized carbons (Fsp3) is 0.429. The lowest BCUT2D eigenvalue weighted by Gasteiger charge is -2.35. The molecule has 8 heteroatoms. The predicted molar refractivity (Wildman–Crippen MR) is 97.7 cm³/mol. The van der Waals surface area contributed by atoms with Crippen molar-refractivity contribution in [2.45, 2.75) is 38.0 Å². The van der Waals surface area contributed by atoms with Gasteiger partial charge in [-0.1, -0.05) is 6.07 Å². The number of rotatable bonds is 2. The van der Waals surface area contributed by atoms with Crippen LogP contribution in [0.5, 0.6) is 0 Å². The highest BCUT2D eigenvalue weighted by Gasteiger charge is 2.37. The largest absolute Gasteiger partial charge is 0.419 e. The average Bonchev–Trinajstić information content (AvgIpc) is 3.11. The van der Waals surface area contributed by atoms with Crippen molar-refractivity contribution in [2.75, 3.05) is 19.7 Å². The summed E-state index contributed by atoms with van der Waals surface area (Å²) < 4.78 is 58.5. The van der Waals surface area contributed by atoms with Gasteiger partial charge in [-0.2, -0.15) is 13.2 Å². The normalized spacial score (nSPS) is 21.9. The van der Waals surface area contributed by atoms with Crippen LogP contribution >= 0.6 is 0 Å². The lowest BCUT2D eigenvalue weighted by atomic mass is 9.93. The zero-order valence-corrected chi connectivity index (χ0v) is 15.8.